The highest BCUT2D eigenvalue weighted by molar-refractivity contribution is 5.72. The lowest BCUT2D eigenvalue weighted by Crippen LogP contribution is -2.27. The maximum absolute atomic E-state index is 12.1. The molecule has 0 aromatic heterocycles. The molecule has 0 aliphatic carbocycles. The van der Waals surface area contributed by atoms with Crippen LogP contribution in [0.5, 0.6) is 0 Å². The van der Waals surface area contributed by atoms with Crippen LogP contribution in [-0.2, 0) is 23.8 Å². The molecule has 0 unspecified atom stereocenters. The fraction of sp³-hybridized carbons (Fsp3) is 0.939. The zero-order chi connectivity index (χ0) is 29.4. The van der Waals surface area contributed by atoms with Gasteiger partial charge in [-0.1, -0.05) is 129 Å². The van der Waals surface area contributed by atoms with Crippen LogP contribution in [0, 0.1) is 0 Å². The summed E-state index contributed by atoms with van der Waals surface area (Å²) in [7, 11) is 0. The van der Waals surface area contributed by atoms with Gasteiger partial charge in [0.2, 0.25) is 5.91 Å². The number of esters is 1. The standard InChI is InChI=1S/C33H65NO6/c1-3-4-5-6-7-8-9-10-11-13-16-19-22-25-33(37)40-32(28-35)29-39-30-38-27-24-21-18-15-12-14-17-20-23-26-34-31(2)36/h32,35H,3-30H2,1-2H3,(H,34,36)/t32-/m0/s1. The number of carbonyl (C=O) groups is 2. The number of ether oxygens (including phenoxy) is 3. The Hall–Kier alpha value is -1.18. The molecule has 1 amide bonds. The molecule has 0 saturated heterocycles. The van der Waals surface area contributed by atoms with Crippen molar-refractivity contribution in [3.05, 3.63) is 0 Å². The van der Waals surface area contributed by atoms with Crippen molar-refractivity contribution in [2.75, 3.05) is 33.2 Å². The number of carbonyl (C=O) groups excluding carboxylic acids is 2. The van der Waals surface area contributed by atoms with Crippen LogP contribution in [0.25, 0.3) is 0 Å². The number of nitrogens with one attached hydrogen (secondary N) is 1. The van der Waals surface area contributed by atoms with Gasteiger partial charge in [0.25, 0.3) is 0 Å². The first-order chi connectivity index (χ1) is 19.6. The van der Waals surface area contributed by atoms with E-state index in [1.54, 1.807) is 6.92 Å². The maximum atomic E-state index is 12.1. The molecule has 7 heteroatoms. The Morgan fingerprint density at radius 2 is 1.12 bits per heavy atom. The van der Waals surface area contributed by atoms with Crippen LogP contribution in [-0.4, -0.2) is 56.2 Å². The minimum absolute atomic E-state index is 0.0565. The van der Waals surface area contributed by atoms with E-state index in [1.807, 2.05) is 0 Å². The molecule has 0 aliphatic heterocycles. The number of unbranched alkanes of at least 4 members (excludes halogenated alkanes) is 20. The number of aliphatic hydroxyl groups excluding tert-OH is 1. The van der Waals surface area contributed by atoms with E-state index in [-0.39, 0.29) is 31.9 Å². The van der Waals surface area contributed by atoms with E-state index in [9.17, 15) is 14.7 Å². The minimum Gasteiger partial charge on any atom is -0.457 e. The van der Waals surface area contributed by atoms with Gasteiger partial charge in [-0.3, -0.25) is 9.59 Å². The highest BCUT2D eigenvalue weighted by Crippen LogP contribution is 2.13. The summed E-state index contributed by atoms with van der Waals surface area (Å²) in [5.41, 5.74) is 0. The van der Waals surface area contributed by atoms with E-state index in [1.165, 1.54) is 109 Å². The first-order valence-corrected chi connectivity index (χ1v) is 16.8. The third kappa shape index (κ3) is 31.3. The molecule has 0 spiro atoms. The average molecular weight is 572 g/mol. The molecule has 0 aliphatic rings. The molecule has 1 atom stereocenters. The molecule has 0 radical (unpaired) electrons. The highest BCUT2D eigenvalue weighted by Gasteiger charge is 2.13. The number of hydrogen-bond acceptors (Lipinski definition) is 6. The van der Waals surface area contributed by atoms with Crippen molar-refractivity contribution >= 4 is 11.9 Å². The van der Waals surface area contributed by atoms with Crippen molar-refractivity contribution in [2.24, 2.45) is 0 Å². The third-order valence-corrected chi connectivity index (χ3v) is 7.30. The molecule has 2 N–H and O–H groups in total. The first-order valence-electron chi connectivity index (χ1n) is 16.8. The fourth-order valence-electron chi connectivity index (χ4n) is 4.78. The van der Waals surface area contributed by atoms with Gasteiger partial charge in [-0.15, -0.1) is 0 Å². The maximum Gasteiger partial charge on any atom is 0.306 e. The SMILES string of the molecule is CCCCCCCCCCCCCCCC(=O)O[C@@H](CO)COCOCCCCCCCCCCCNC(C)=O. The Morgan fingerprint density at radius 1 is 0.650 bits per heavy atom. The lowest BCUT2D eigenvalue weighted by atomic mass is 10.0. The van der Waals surface area contributed by atoms with Gasteiger partial charge in [0, 0.05) is 26.5 Å². The van der Waals surface area contributed by atoms with Crippen LogP contribution in [0.4, 0.5) is 0 Å². The number of aliphatic hydroxyl groups is 1. The van der Waals surface area contributed by atoms with Gasteiger partial charge < -0.3 is 24.6 Å². The summed E-state index contributed by atoms with van der Waals surface area (Å²) in [6.07, 6.45) is 27.0. The summed E-state index contributed by atoms with van der Waals surface area (Å²) in [4.78, 5) is 22.9. The second-order valence-electron chi connectivity index (χ2n) is 11.3. The smallest absolute Gasteiger partial charge is 0.306 e. The van der Waals surface area contributed by atoms with Gasteiger partial charge in [0.15, 0.2) is 0 Å². The molecule has 7 nitrogen and oxygen atoms in total. The Balaban J connectivity index is 3.39. The quantitative estimate of drug-likeness (QED) is 0.0482. The van der Waals surface area contributed by atoms with Crippen LogP contribution in [0.3, 0.4) is 0 Å². The Kier molecular flexibility index (Phi) is 31.4. The van der Waals surface area contributed by atoms with Crippen molar-refractivity contribution in [2.45, 2.75) is 168 Å². The molecule has 0 fully saturated rings. The molecule has 0 aromatic rings. The van der Waals surface area contributed by atoms with Crippen LogP contribution >= 0.6 is 0 Å². The van der Waals surface area contributed by atoms with Crippen molar-refractivity contribution in [1.29, 1.82) is 0 Å². The zero-order valence-electron chi connectivity index (χ0n) is 26.4. The fourth-order valence-corrected chi connectivity index (χ4v) is 4.78. The largest absolute Gasteiger partial charge is 0.457 e. The highest BCUT2D eigenvalue weighted by atomic mass is 16.7. The lowest BCUT2D eigenvalue weighted by molar-refractivity contribution is -0.159. The number of hydrogen-bond donors (Lipinski definition) is 2. The van der Waals surface area contributed by atoms with E-state index in [4.69, 9.17) is 14.2 Å². The van der Waals surface area contributed by atoms with E-state index in [0.29, 0.717) is 13.0 Å². The van der Waals surface area contributed by atoms with Crippen LogP contribution in [0.1, 0.15) is 162 Å². The van der Waals surface area contributed by atoms with E-state index in [2.05, 4.69) is 12.2 Å². The third-order valence-electron chi connectivity index (χ3n) is 7.30. The first kappa shape index (κ1) is 38.8. The van der Waals surface area contributed by atoms with Crippen LogP contribution < -0.4 is 5.32 Å². The summed E-state index contributed by atoms with van der Waals surface area (Å²) in [6.45, 7) is 5.36. The van der Waals surface area contributed by atoms with Gasteiger partial charge in [-0.05, 0) is 19.3 Å². The molecule has 0 aromatic carbocycles. The second kappa shape index (κ2) is 32.3. The molecule has 0 rings (SSSR count). The van der Waals surface area contributed by atoms with Gasteiger partial charge in [-0.2, -0.15) is 0 Å². The predicted octanol–water partition coefficient (Wildman–Crippen LogP) is 8.01. The van der Waals surface area contributed by atoms with Gasteiger partial charge in [-0.25, -0.2) is 0 Å². The minimum atomic E-state index is -0.622. The topological polar surface area (TPSA) is 94.1 Å². The van der Waals surface area contributed by atoms with E-state index in [0.717, 1.165) is 38.6 Å². The lowest BCUT2D eigenvalue weighted by Gasteiger charge is -2.16. The summed E-state index contributed by atoms with van der Waals surface area (Å²) >= 11 is 0. The molecule has 238 valence electrons. The van der Waals surface area contributed by atoms with Crippen molar-refractivity contribution in [3.8, 4) is 0 Å². The van der Waals surface area contributed by atoms with Crippen molar-refractivity contribution < 1.29 is 28.9 Å². The Labute approximate surface area is 246 Å². The van der Waals surface area contributed by atoms with Crippen LogP contribution in [0.15, 0.2) is 0 Å². The van der Waals surface area contributed by atoms with Gasteiger partial charge in [0.1, 0.15) is 12.9 Å². The van der Waals surface area contributed by atoms with Crippen LogP contribution in [0.2, 0.25) is 0 Å². The monoisotopic (exact) mass is 571 g/mol. The number of amides is 1. The molecule has 40 heavy (non-hydrogen) atoms. The predicted molar refractivity (Wildman–Crippen MR) is 164 cm³/mol. The Morgan fingerprint density at radius 3 is 1.62 bits per heavy atom. The van der Waals surface area contributed by atoms with Gasteiger partial charge >= 0.3 is 5.97 Å². The molecule has 0 saturated carbocycles. The van der Waals surface area contributed by atoms with Crippen molar-refractivity contribution in [1.82, 2.24) is 5.32 Å². The summed E-state index contributed by atoms with van der Waals surface area (Å²) in [5.74, 6) is -0.197. The second-order valence-corrected chi connectivity index (χ2v) is 11.3. The zero-order valence-corrected chi connectivity index (χ0v) is 26.4. The van der Waals surface area contributed by atoms with Crippen molar-refractivity contribution in [3.63, 3.8) is 0 Å². The normalized spacial score (nSPS) is 12.0. The van der Waals surface area contributed by atoms with Gasteiger partial charge in [0.05, 0.1) is 13.2 Å². The summed E-state index contributed by atoms with van der Waals surface area (Å²) < 4.78 is 16.3. The van der Waals surface area contributed by atoms with E-state index >= 15 is 0 Å². The molecule has 0 bridgehead atoms. The van der Waals surface area contributed by atoms with E-state index < -0.39 is 6.10 Å². The Bertz CT molecular complexity index is 545. The number of rotatable bonds is 32. The summed E-state index contributed by atoms with van der Waals surface area (Å²) in [6, 6.07) is 0. The molecular weight excluding hydrogens is 506 g/mol. The average Bonchev–Trinajstić information content (AvgIpc) is 2.94. The molecule has 0 heterocycles. The molecular formula is C33H65NO6. The summed E-state index contributed by atoms with van der Waals surface area (Å²) in [5, 5.41) is 12.3.